The highest BCUT2D eigenvalue weighted by Gasteiger charge is 2.38. The summed E-state index contributed by atoms with van der Waals surface area (Å²) in [6.45, 7) is 4.77. The Morgan fingerprint density at radius 2 is 1.51 bits per heavy atom. The summed E-state index contributed by atoms with van der Waals surface area (Å²) in [7, 11) is 4.10. The standard InChI is InChI=1S/C18H25N3OS.2C2HF3O2/c1-19(2)10-11-21-17-6-9-20(13-15-7-12-23-14-15)8-5-16(17)3-4-18(21)22;2*3-2(4,5)1(6)7/h3-4,7,12,14H,5-6,8-11,13H2,1-2H3;2*(H,6,7). The maximum Gasteiger partial charge on any atom is 0.490 e. The van der Waals surface area contributed by atoms with Crippen LogP contribution in [0.5, 0.6) is 0 Å². The molecule has 2 aromatic heterocycles. The minimum Gasteiger partial charge on any atom is -0.475 e. The van der Waals surface area contributed by atoms with E-state index in [-0.39, 0.29) is 5.56 Å². The van der Waals surface area contributed by atoms with Crippen molar-refractivity contribution in [3.63, 3.8) is 0 Å². The van der Waals surface area contributed by atoms with E-state index in [9.17, 15) is 31.1 Å². The molecular formula is C22H27F6N3O5S. The molecule has 0 unspecified atom stereocenters. The van der Waals surface area contributed by atoms with Gasteiger partial charge in [-0.1, -0.05) is 6.07 Å². The molecular weight excluding hydrogens is 532 g/mol. The molecule has 37 heavy (non-hydrogen) atoms. The van der Waals surface area contributed by atoms with Crippen molar-refractivity contribution in [1.29, 1.82) is 0 Å². The van der Waals surface area contributed by atoms with E-state index in [4.69, 9.17) is 19.8 Å². The quantitative estimate of drug-likeness (QED) is 0.542. The normalized spacial score (nSPS) is 14.0. The largest absolute Gasteiger partial charge is 0.490 e. The Bertz CT molecular complexity index is 1040. The molecule has 15 heteroatoms. The van der Waals surface area contributed by atoms with Gasteiger partial charge in [-0.05, 0) is 48.5 Å². The van der Waals surface area contributed by atoms with Gasteiger partial charge in [-0.15, -0.1) is 0 Å². The number of hydrogen-bond donors (Lipinski definition) is 2. The maximum atomic E-state index is 12.3. The highest BCUT2D eigenvalue weighted by Crippen LogP contribution is 2.17. The third kappa shape index (κ3) is 11.8. The number of fused-ring (bicyclic) bond motifs is 1. The second kappa shape index (κ2) is 14.1. The molecule has 0 fully saturated rings. The molecule has 208 valence electrons. The highest BCUT2D eigenvalue weighted by atomic mass is 32.1. The van der Waals surface area contributed by atoms with Gasteiger partial charge in [-0.3, -0.25) is 9.69 Å². The number of carbonyl (C=O) groups is 2. The summed E-state index contributed by atoms with van der Waals surface area (Å²) in [6, 6.07) is 5.98. The SMILES string of the molecule is CN(C)CCn1c2c(ccc1=O)CCN(Cc1ccsc1)CC2.O=C(O)C(F)(F)F.O=C(O)C(F)(F)F. The van der Waals surface area contributed by atoms with Crippen LogP contribution in [0.25, 0.3) is 0 Å². The summed E-state index contributed by atoms with van der Waals surface area (Å²) >= 11 is 1.76. The number of alkyl halides is 6. The topological polar surface area (TPSA) is 103 Å². The first-order valence-corrected chi connectivity index (χ1v) is 11.7. The van der Waals surface area contributed by atoms with Crippen LogP contribution in [0, 0.1) is 0 Å². The number of aromatic nitrogens is 1. The maximum absolute atomic E-state index is 12.3. The Kier molecular flexibility index (Phi) is 12.3. The molecule has 3 rings (SSSR count). The summed E-state index contributed by atoms with van der Waals surface area (Å²) in [6.07, 6.45) is -8.18. The monoisotopic (exact) mass is 559 g/mol. The van der Waals surface area contributed by atoms with Crippen molar-refractivity contribution < 1.29 is 46.1 Å². The Hall–Kier alpha value is -2.91. The highest BCUT2D eigenvalue weighted by molar-refractivity contribution is 7.07. The second-order valence-corrected chi connectivity index (χ2v) is 8.89. The molecule has 0 bridgehead atoms. The predicted molar refractivity (Wildman–Crippen MR) is 124 cm³/mol. The molecule has 0 saturated carbocycles. The molecule has 8 nitrogen and oxygen atoms in total. The lowest BCUT2D eigenvalue weighted by atomic mass is 10.1. The van der Waals surface area contributed by atoms with Crippen molar-refractivity contribution in [1.82, 2.24) is 14.4 Å². The first-order chi connectivity index (χ1) is 17.0. The zero-order valence-electron chi connectivity index (χ0n) is 20.0. The van der Waals surface area contributed by atoms with E-state index in [1.807, 2.05) is 10.6 Å². The van der Waals surface area contributed by atoms with Crippen LogP contribution in [0.4, 0.5) is 26.3 Å². The van der Waals surface area contributed by atoms with Gasteiger partial charge in [0.15, 0.2) is 0 Å². The zero-order valence-corrected chi connectivity index (χ0v) is 20.8. The third-order valence-corrected chi connectivity index (χ3v) is 5.73. The lowest BCUT2D eigenvalue weighted by Crippen LogP contribution is -2.30. The smallest absolute Gasteiger partial charge is 0.475 e. The molecule has 2 aromatic rings. The molecule has 1 aliphatic rings. The molecule has 0 aromatic carbocycles. The van der Waals surface area contributed by atoms with Crippen molar-refractivity contribution in [2.45, 2.75) is 38.3 Å². The Labute approximate surface area is 212 Å². The average molecular weight is 560 g/mol. The van der Waals surface area contributed by atoms with Gasteiger partial charge in [0, 0.05) is 50.9 Å². The molecule has 0 radical (unpaired) electrons. The summed E-state index contributed by atoms with van der Waals surface area (Å²) in [5, 5.41) is 18.6. The Balaban J connectivity index is 0.000000404. The fourth-order valence-corrected chi connectivity index (χ4v) is 3.85. The number of hydrogen-bond acceptors (Lipinski definition) is 6. The first-order valence-electron chi connectivity index (χ1n) is 10.7. The van der Waals surface area contributed by atoms with Gasteiger partial charge >= 0.3 is 24.3 Å². The van der Waals surface area contributed by atoms with Crippen molar-refractivity contribution in [3.8, 4) is 0 Å². The van der Waals surface area contributed by atoms with Crippen LogP contribution in [0.15, 0.2) is 33.8 Å². The van der Waals surface area contributed by atoms with Crippen LogP contribution in [0.1, 0.15) is 16.8 Å². The van der Waals surface area contributed by atoms with E-state index in [1.54, 1.807) is 17.4 Å². The lowest BCUT2D eigenvalue weighted by Gasteiger charge is -2.19. The van der Waals surface area contributed by atoms with Gasteiger partial charge in [0.05, 0.1) is 0 Å². The molecule has 0 aliphatic carbocycles. The number of rotatable bonds is 5. The van der Waals surface area contributed by atoms with Crippen molar-refractivity contribution in [2.75, 3.05) is 33.7 Å². The number of pyridine rings is 1. The van der Waals surface area contributed by atoms with Crippen LogP contribution < -0.4 is 5.56 Å². The summed E-state index contributed by atoms with van der Waals surface area (Å²) in [4.78, 5) is 34.7. The third-order valence-electron chi connectivity index (χ3n) is 4.99. The number of halogens is 6. The average Bonchev–Trinajstić information content (AvgIpc) is 3.19. The molecule has 1 aliphatic heterocycles. The van der Waals surface area contributed by atoms with Crippen molar-refractivity contribution >= 4 is 23.3 Å². The number of aliphatic carboxylic acids is 2. The first kappa shape index (κ1) is 32.1. The predicted octanol–water partition coefficient (Wildman–Crippen LogP) is 3.34. The van der Waals surface area contributed by atoms with Crippen molar-refractivity contribution in [2.24, 2.45) is 0 Å². The van der Waals surface area contributed by atoms with Gasteiger partial charge in [-0.2, -0.15) is 37.7 Å². The number of nitrogens with zero attached hydrogens (tertiary/aromatic N) is 3. The fourth-order valence-electron chi connectivity index (χ4n) is 3.19. The fraction of sp³-hybridized carbons (Fsp3) is 0.500. The number of carboxylic acids is 2. The Morgan fingerprint density at radius 1 is 0.973 bits per heavy atom. The van der Waals surface area contributed by atoms with E-state index in [0.29, 0.717) is 0 Å². The van der Waals surface area contributed by atoms with Crippen LogP contribution in [-0.2, 0) is 35.5 Å². The van der Waals surface area contributed by atoms with Gasteiger partial charge in [0.25, 0.3) is 5.56 Å². The number of carboxylic acid groups (broad SMARTS) is 2. The van der Waals surface area contributed by atoms with Crippen LogP contribution in [-0.4, -0.2) is 82.6 Å². The van der Waals surface area contributed by atoms with Crippen LogP contribution >= 0.6 is 11.3 Å². The second-order valence-electron chi connectivity index (χ2n) is 8.11. The van der Waals surface area contributed by atoms with E-state index < -0.39 is 24.3 Å². The molecule has 3 heterocycles. The summed E-state index contributed by atoms with van der Waals surface area (Å²) in [5.74, 6) is -5.51. The van der Waals surface area contributed by atoms with E-state index >= 15 is 0 Å². The van der Waals surface area contributed by atoms with E-state index in [2.05, 4.69) is 40.7 Å². The van der Waals surface area contributed by atoms with Crippen LogP contribution in [0.2, 0.25) is 0 Å². The molecule has 0 saturated heterocycles. The van der Waals surface area contributed by atoms with Gasteiger partial charge < -0.3 is 19.7 Å². The van der Waals surface area contributed by atoms with Crippen molar-refractivity contribution in [3.05, 3.63) is 56.1 Å². The van der Waals surface area contributed by atoms with Gasteiger partial charge in [0.2, 0.25) is 0 Å². The van der Waals surface area contributed by atoms with E-state index in [1.165, 1.54) is 16.8 Å². The molecule has 0 amide bonds. The zero-order chi connectivity index (χ0) is 28.4. The summed E-state index contributed by atoms with van der Waals surface area (Å²) in [5.41, 5.74) is 4.12. The van der Waals surface area contributed by atoms with Gasteiger partial charge in [0.1, 0.15) is 0 Å². The van der Waals surface area contributed by atoms with Crippen LogP contribution in [0.3, 0.4) is 0 Å². The number of thiophene rings is 1. The van der Waals surface area contributed by atoms with E-state index in [0.717, 1.165) is 45.6 Å². The molecule has 0 atom stereocenters. The minimum absolute atomic E-state index is 0.136. The minimum atomic E-state index is -5.08. The number of likely N-dealkylation sites (N-methyl/N-ethyl adjacent to an activating group) is 1. The lowest BCUT2D eigenvalue weighted by molar-refractivity contribution is -0.193. The van der Waals surface area contributed by atoms with Gasteiger partial charge in [-0.25, -0.2) is 9.59 Å². The Morgan fingerprint density at radius 3 is 1.97 bits per heavy atom. The molecule has 0 spiro atoms. The molecule has 2 N–H and O–H groups in total. The summed E-state index contributed by atoms with van der Waals surface area (Å²) < 4.78 is 65.5.